The Kier molecular flexibility index (Phi) is 5.26. The smallest absolute Gasteiger partial charge is 0.176 e. The van der Waals surface area contributed by atoms with Crippen LogP contribution in [-0.2, 0) is 6.54 Å². The molecule has 3 heterocycles. The second-order valence-corrected chi connectivity index (χ2v) is 7.79. The van der Waals surface area contributed by atoms with Crippen LogP contribution in [0.25, 0.3) is 27.9 Å². The molecule has 0 amide bonds. The van der Waals surface area contributed by atoms with Crippen LogP contribution >= 0.6 is 0 Å². The molecule has 1 aliphatic heterocycles. The summed E-state index contributed by atoms with van der Waals surface area (Å²) >= 11 is 0. The summed E-state index contributed by atoms with van der Waals surface area (Å²) in [5.41, 5.74) is 5.26. The van der Waals surface area contributed by atoms with Crippen molar-refractivity contribution in [3.63, 3.8) is 0 Å². The number of halogens is 1. The zero-order valence-electron chi connectivity index (χ0n) is 17.3. The maximum atomic E-state index is 13.2. The zero-order valence-corrected chi connectivity index (χ0v) is 17.3. The zero-order chi connectivity index (χ0) is 21.2. The van der Waals surface area contributed by atoms with E-state index in [4.69, 9.17) is 9.15 Å². The van der Waals surface area contributed by atoms with Gasteiger partial charge in [0, 0.05) is 43.0 Å². The third-order valence-electron chi connectivity index (χ3n) is 5.72. The maximum Gasteiger partial charge on any atom is 0.176 e. The van der Waals surface area contributed by atoms with E-state index >= 15 is 0 Å². The lowest BCUT2D eigenvalue weighted by Crippen LogP contribution is -2.28. The predicted molar refractivity (Wildman–Crippen MR) is 120 cm³/mol. The van der Waals surface area contributed by atoms with Gasteiger partial charge in [-0.15, -0.1) is 0 Å². The van der Waals surface area contributed by atoms with Crippen molar-refractivity contribution < 1.29 is 13.5 Å². The first-order valence-corrected chi connectivity index (χ1v) is 10.4. The predicted octanol–water partition coefficient (Wildman–Crippen LogP) is 5.93. The van der Waals surface area contributed by atoms with Crippen LogP contribution in [0.4, 0.5) is 4.39 Å². The molecule has 0 N–H and O–H groups in total. The molecule has 0 radical (unpaired) electrons. The molecule has 0 spiro atoms. The van der Waals surface area contributed by atoms with Gasteiger partial charge >= 0.3 is 0 Å². The topological polar surface area (TPSA) is 38.5 Å². The van der Waals surface area contributed by atoms with Crippen molar-refractivity contribution in [2.45, 2.75) is 13.0 Å². The molecule has 4 aromatic rings. The molecule has 0 bridgehead atoms. The molecule has 0 unspecified atom stereocenters. The Hall–Kier alpha value is -3.44. The van der Waals surface area contributed by atoms with E-state index in [1.165, 1.54) is 23.3 Å². The number of methoxy groups -OCH3 is 1. The highest BCUT2D eigenvalue weighted by atomic mass is 19.1. The van der Waals surface area contributed by atoms with E-state index in [1.54, 1.807) is 19.5 Å². The Morgan fingerprint density at radius 3 is 2.68 bits per heavy atom. The summed E-state index contributed by atoms with van der Waals surface area (Å²) < 4.78 is 24.9. The summed E-state index contributed by atoms with van der Waals surface area (Å²) in [5.74, 6) is 1.32. The number of hydrogen-bond donors (Lipinski definition) is 0. The molecule has 5 heteroatoms. The molecule has 1 aliphatic rings. The minimum Gasteiger partial charge on any atom is -0.493 e. The van der Waals surface area contributed by atoms with Crippen LogP contribution < -0.4 is 4.74 Å². The normalized spacial score (nSPS) is 14.6. The molecule has 0 aliphatic carbocycles. The Balaban J connectivity index is 1.36. The van der Waals surface area contributed by atoms with Crippen molar-refractivity contribution in [1.82, 2.24) is 9.88 Å². The van der Waals surface area contributed by atoms with Gasteiger partial charge in [0.2, 0.25) is 0 Å². The van der Waals surface area contributed by atoms with Crippen molar-refractivity contribution in [3.05, 3.63) is 90.0 Å². The Morgan fingerprint density at radius 1 is 1.10 bits per heavy atom. The van der Waals surface area contributed by atoms with Gasteiger partial charge in [0.1, 0.15) is 11.6 Å². The summed E-state index contributed by atoms with van der Waals surface area (Å²) in [6.07, 6.45) is 6.73. The lowest BCUT2D eigenvalue weighted by Gasteiger charge is -2.26. The fourth-order valence-corrected chi connectivity index (χ4v) is 4.11. The molecular weight excluding hydrogens is 391 g/mol. The van der Waals surface area contributed by atoms with Crippen LogP contribution in [0.2, 0.25) is 0 Å². The highest BCUT2D eigenvalue weighted by Crippen LogP contribution is 2.35. The average Bonchev–Trinajstić information content (AvgIpc) is 3.24. The van der Waals surface area contributed by atoms with E-state index in [0.29, 0.717) is 0 Å². The lowest BCUT2D eigenvalue weighted by molar-refractivity contribution is 0.293. The molecular formula is C26H23FN2O2. The van der Waals surface area contributed by atoms with Gasteiger partial charge in [-0.05, 0) is 65.6 Å². The molecule has 0 saturated carbocycles. The number of fused-ring (bicyclic) bond motifs is 1. The van der Waals surface area contributed by atoms with Crippen molar-refractivity contribution in [3.8, 4) is 17.1 Å². The number of hydrogen-bond acceptors (Lipinski definition) is 4. The quantitative estimate of drug-likeness (QED) is 0.406. The van der Waals surface area contributed by atoms with Crippen LogP contribution in [0, 0.1) is 5.82 Å². The van der Waals surface area contributed by atoms with Crippen LogP contribution in [0.15, 0.2) is 77.5 Å². The molecule has 0 saturated heterocycles. The first-order chi connectivity index (χ1) is 15.2. The van der Waals surface area contributed by atoms with Gasteiger partial charge in [0.15, 0.2) is 11.3 Å². The van der Waals surface area contributed by atoms with E-state index in [0.717, 1.165) is 59.7 Å². The molecule has 0 atom stereocenters. The molecule has 2 aromatic heterocycles. The van der Waals surface area contributed by atoms with Crippen molar-refractivity contribution in [2.75, 3.05) is 20.2 Å². The minimum atomic E-state index is -0.197. The SMILES string of the molecule is COc1cc(CN2CC=C(c3ccc(F)cc3)CC2)cc2cc(-c3cccnc3)oc12. The molecule has 2 aromatic carbocycles. The average molecular weight is 414 g/mol. The first-order valence-electron chi connectivity index (χ1n) is 10.4. The largest absolute Gasteiger partial charge is 0.493 e. The lowest BCUT2D eigenvalue weighted by atomic mass is 9.99. The third-order valence-corrected chi connectivity index (χ3v) is 5.72. The number of nitrogens with zero attached hydrogens (tertiary/aromatic N) is 2. The van der Waals surface area contributed by atoms with Crippen LogP contribution in [0.3, 0.4) is 0 Å². The van der Waals surface area contributed by atoms with Crippen molar-refractivity contribution >= 4 is 16.5 Å². The number of rotatable bonds is 5. The maximum absolute atomic E-state index is 13.2. The Morgan fingerprint density at radius 2 is 1.97 bits per heavy atom. The first kappa shape index (κ1) is 19.5. The molecule has 0 fully saturated rings. The van der Waals surface area contributed by atoms with Gasteiger partial charge in [-0.1, -0.05) is 18.2 Å². The number of benzene rings is 2. The number of furan rings is 1. The summed E-state index contributed by atoms with van der Waals surface area (Å²) in [6.45, 7) is 2.64. The fourth-order valence-electron chi connectivity index (χ4n) is 4.11. The second-order valence-electron chi connectivity index (χ2n) is 7.79. The van der Waals surface area contributed by atoms with Crippen molar-refractivity contribution in [1.29, 1.82) is 0 Å². The van der Waals surface area contributed by atoms with E-state index in [-0.39, 0.29) is 5.82 Å². The van der Waals surface area contributed by atoms with E-state index in [2.05, 4.69) is 28.1 Å². The molecule has 5 rings (SSSR count). The summed E-state index contributed by atoms with van der Waals surface area (Å²) in [6, 6.07) is 16.9. The third kappa shape index (κ3) is 4.09. The molecule has 156 valence electrons. The van der Waals surface area contributed by atoms with Crippen LogP contribution in [-0.4, -0.2) is 30.1 Å². The fraction of sp³-hybridized carbons (Fsp3) is 0.192. The summed E-state index contributed by atoms with van der Waals surface area (Å²) in [4.78, 5) is 6.58. The number of aromatic nitrogens is 1. The van der Waals surface area contributed by atoms with Gasteiger partial charge in [-0.25, -0.2) is 4.39 Å². The van der Waals surface area contributed by atoms with Gasteiger partial charge in [0.05, 0.1) is 7.11 Å². The Labute approximate surface area is 180 Å². The highest BCUT2D eigenvalue weighted by Gasteiger charge is 2.17. The van der Waals surface area contributed by atoms with Crippen LogP contribution in [0.1, 0.15) is 17.5 Å². The summed E-state index contributed by atoms with van der Waals surface area (Å²) in [5, 5.41) is 1.02. The summed E-state index contributed by atoms with van der Waals surface area (Å²) in [7, 11) is 1.67. The number of pyridine rings is 1. The highest BCUT2D eigenvalue weighted by molar-refractivity contribution is 5.88. The van der Waals surface area contributed by atoms with Gasteiger partial charge in [-0.3, -0.25) is 9.88 Å². The van der Waals surface area contributed by atoms with E-state index < -0.39 is 0 Å². The van der Waals surface area contributed by atoms with Crippen LogP contribution in [0.5, 0.6) is 5.75 Å². The van der Waals surface area contributed by atoms with Gasteiger partial charge in [-0.2, -0.15) is 0 Å². The standard InChI is InChI=1S/C26H23FN2O2/c1-30-25-14-18(13-22-15-24(31-26(22)25)21-3-2-10-28-16-21)17-29-11-8-20(9-12-29)19-4-6-23(27)7-5-19/h2-8,10,13-16H,9,11-12,17H2,1H3. The Bertz CT molecular complexity index is 1230. The van der Waals surface area contributed by atoms with Crippen molar-refractivity contribution in [2.24, 2.45) is 0 Å². The number of ether oxygens (including phenoxy) is 1. The van der Waals surface area contributed by atoms with Gasteiger partial charge < -0.3 is 9.15 Å². The molecule has 4 nitrogen and oxygen atoms in total. The van der Waals surface area contributed by atoms with Gasteiger partial charge in [0.25, 0.3) is 0 Å². The van der Waals surface area contributed by atoms with E-state index in [1.807, 2.05) is 30.3 Å². The van der Waals surface area contributed by atoms with E-state index in [9.17, 15) is 4.39 Å². The monoisotopic (exact) mass is 414 g/mol. The molecule has 31 heavy (non-hydrogen) atoms. The second kappa shape index (κ2) is 8.36. The minimum absolute atomic E-state index is 0.197.